The Labute approximate surface area is 172 Å². The van der Waals surface area contributed by atoms with Gasteiger partial charge in [0.25, 0.3) is 0 Å². The van der Waals surface area contributed by atoms with Gasteiger partial charge in [-0.1, -0.05) is 37.8 Å². The highest BCUT2D eigenvalue weighted by Crippen LogP contribution is 2.18. The van der Waals surface area contributed by atoms with Crippen molar-refractivity contribution in [1.82, 2.24) is 14.9 Å². The van der Waals surface area contributed by atoms with Crippen LogP contribution in [0.3, 0.4) is 0 Å². The quantitative estimate of drug-likeness (QED) is 0.392. The molecule has 3 aromatic rings. The molecule has 0 unspecified atom stereocenters. The first-order valence-electron chi connectivity index (χ1n) is 10.3. The van der Waals surface area contributed by atoms with Crippen LogP contribution in [0.1, 0.15) is 31.2 Å². The number of hydrogen-bond donors (Lipinski definition) is 1. The molecule has 152 valence electrons. The van der Waals surface area contributed by atoms with Crippen molar-refractivity contribution in [2.45, 2.75) is 39.2 Å². The molecule has 29 heavy (non-hydrogen) atoms. The normalized spacial score (nSPS) is 10.8. The van der Waals surface area contributed by atoms with E-state index in [1.165, 1.54) is 11.6 Å². The van der Waals surface area contributed by atoms with Crippen molar-refractivity contribution in [2.75, 3.05) is 13.2 Å². The van der Waals surface area contributed by atoms with Gasteiger partial charge in [0.2, 0.25) is 5.91 Å². The van der Waals surface area contributed by atoms with Crippen molar-refractivity contribution < 1.29 is 9.53 Å². The van der Waals surface area contributed by atoms with Gasteiger partial charge in [0.1, 0.15) is 11.6 Å². The number of carbonyl (C=O) groups excluding carboxylic acids is 1. The molecule has 5 heteroatoms. The predicted molar refractivity (Wildman–Crippen MR) is 117 cm³/mol. The van der Waals surface area contributed by atoms with E-state index in [0.29, 0.717) is 19.6 Å². The summed E-state index contributed by atoms with van der Waals surface area (Å²) in [5.41, 5.74) is 3.44. The van der Waals surface area contributed by atoms with E-state index in [9.17, 15) is 4.79 Å². The Morgan fingerprint density at radius 2 is 1.97 bits per heavy atom. The van der Waals surface area contributed by atoms with Crippen LogP contribution in [0.5, 0.6) is 5.75 Å². The molecule has 1 N–H and O–H groups in total. The first-order chi connectivity index (χ1) is 14.2. The lowest BCUT2D eigenvalue weighted by Crippen LogP contribution is -2.24. The van der Waals surface area contributed by atoms with Gasteiger partial charge >= 0.3 is 0 Å². The maximum atomic E-state index is 11.4. The Hall–Kier alpha value is -3.08. The number of para-hydroxylation sites is 2. The number of benzene rings is 2. The van der Waals surface area contributed by atoms with Gasteiger partial charge in [-0.2, -0.15) is 0 Å². The number of hydrogen-bond acceptors (Lipinski definition) is 3. The zero-order valence-corrected chi connectivity index (χ0v) is 17.1. The summed E-state index contributed by atoms with van der Waals surface area (Å²) in [6.07, 6.45) is 4.99. The second-order valence-electron chi connectivity index (χ2n) is 6.97. The SMILES string of the molecule is C=CC(=O)NCCc1nc2ccccc2n1CCCCOc1ccc(CC)cc1. The minimum absolute atomic E-state index is 0.156. The summed E-state index contributed by atoms with van der Waals surface area (Å²) in [6.45, 7) is 7.75. The van der Waals surface area contributed by atoms with Crippen LogP contribution in [-0.4, -0.2) is 28.6 Å². The van der Waals surface area contributed by atoms with Crippen molar-refractivity contribution in [3.63, 3.8) is 0 Å². The highest BCUT2D eigenvalue weighted by molar-refractivity contribution is 5.86. The molecule has 0 bridgehead atoms. The molecular formula is C24H29N3O2. The van der Waals surface area contributed by atoms with E-state index in [2.05, 4.69) is 41.6 Å². The largest absolute Gasteiger partial charge is 0.494 e. The summed E-state index contributed by atoms with van der Waals surface area (Å²) in [6, 6.07) is 16.5. The molecule has 0 saturated carbocycles. The topological polar surface area (TPSA) is 56.2 Å². The third-order valence-corrected chi connectivity index (χ3v) is 4.94. The van der Waals surface area contributed by atoms with Gasteiger partial charge < -0.3 is 14.6 Å². The van der Waals surface area contributed by atoms with Gasteiger partial charge in [-0.05, 0) is 55.2 Å². The van der Waals surface area contributed by atoms with E-state index in [4.69, 9.17) is 9.72 Å². The zero-order valence-electron chi connectivity index (χ0n) is 17.1. The van der Waals surface area contributed by atoms with Crippen molar-refractivity contribution >= 4 is 16.9 Å². The van der Waals surface area contributed by atoms with Crippen LogP contribution >= 0.6 is 0 Å². The lowest BCUT2D eigenvalue weighted by atomic mass is 10.2. The fraction of sp³-hybridized carbons (Fsp3) is 0.333. The van der Waals surface area contributed by atoms with Crippen LogP contribution in [0.25, 0.3) is 11.0 Å². The molecule has 5 nitrogen and oxygen atoms in total. The lowest BCUT2D eigenvalue weighted by molar-refractivity contribution is -0.116. The van der Waals surface area contributed by atoms with Crippen LogP contribution in [0.4, 0.5) is 0 Å². The molecule has 0 aliphatic carbocycles. The monoisotopic (exact) mass is 391 g/mol. The summed E-state index contributed by atoms with van der Waals surface area (Å²) >= 11 is 0. The van der Waals surface area contributed by atoms with E-state index in [0.717, 1.165) is 48.4 Å². The first kappa shape index (κ1) is 20.6. The van der Waals surface area contributed by atoms with E-state index >= 15 is 0 Å². The lowest BCUT2D eigenvalue weighted by Gasteiger charge is -2.11. The number of imidazole rings is 1. The Kier molecular flexibility index (Phi) is 7.45. The number of carbonyl (C=O) groups is 1. The Bertz CT molecular complexity index is 944. The number of amides is 1. The maximum Gasteiger partial charge on any atom is 0.243 e. The number of nitrogens with one attached hydrogen (secondary N) is 1. The van der Waals surface area contributed by atoms with Gasteiger partial charge in [-0.15, -0.1) is 0 Å². The van der Waals surface area contributed by atoms with Crippen LogP contribution in [0, 0.1) is 0 Å². The first-order valence-corrected chi connectivity index (χ1v) is 10.3. The molecule has 0 spiro atoms. The number of unbranched alkanes of at least 4 members (excludes halogenated alkanes) is 1. The Morgan fingerprint density at radius 3 is 2.72 bits per heavy atom. The zero-order chi connectivity index (χ0) is 20.5. The third-order valence-electron chi connectivity index (χ3n) is 4.94. The van der Waals surface area contributed by atoms with E-state index in [1.807, 2.05) is 30.3 Å². The molecule has 1 aromatic heterocycles. The predicted octanol–water partition coefficient (Wildman–Crippen LogP) is 4.30. The number of rotatable bonds is 11. The highest BCUT2D eigenvalue weighted by Gasteiger charge is 2.10. The molecule has 1 heterocycles. The second kappa shape index (κ2) is 10.5. The average Bonchev–Trinajstić information content (AvgIpc) is 3.11. The molecule has 0 aliphatic heterocycles. The highest BCUT2D eigenvalue weighted by atomic mass is 16.5. The number of aromatic nitrogens is 2. The summed E-state index contributed by atoms with van der Waals surface area (Å²) in [7, 11) is 0. The number of aryl methyl sites for hydroxylation is 2. The van der Waals surface area contributed by atoms with Crippen LogP contribution in [-0.2, 0) is 24.2 Å². The molecule has 0 radical (unpaired) electrons. The minimum atomic E-state index is -0.156. The third kappa shape index (κ3) is 5.70. The molecule has 2 aromatic carbocycles. The minimum Gasteiger partial charge on any atom is -0.494 e. The second-order valence-corrected chi connectivity index (χ2v) is 6.97. The standard InChI is InChI=1S/C24H29N3O2/c1-3-19-11-13-20(14-12-19)29-18-8-7-17-27-22-10-6-5-9-21(22)26-23(27)15-16-25-24(28)4-2/h4-6,9-14H,2-3,7-8,15-18H2,1H3,(H,25,28). The molecule has 0 atom stereocenters. The molecule has 0 saturated heterocycles. The summed E-state index contributed by atoms with van der Waals surface area (Å²) in [5.74, 6) is 1.76. The van der Waals surface area contributed by atoms with Gasteiger partial charge in [0.15, 0.2) is 0 Å². The molecule has 0 fully saturated rings. The molecule has 3 rings (SSSR count). The van der Waals surface area contributed by atoms with E-state index in [-0.39, 0.29) is 5.91 Å². The number of ether oxygens (including phenoxy) is 1. The van der Waals surface area contributed by atoms with Crippen molar-refractivity contribution in [1.29, 1.82) is 0 Å². The molecule has 1 amide bonds. The van der Waals surface area contributed by atoms with Gasteiger partial charge in [-0.25, -0.2) is 4.98 Å². The molecular weight excluding hydrogens is 362 g/mol. The van der Waals surface area contributed by atoms with Crippen molar-refractivity contribution in [3.8, 4) is 5.75 Å². The smallest absolute Gasteiger partial charge is 0.243 e. The fourth-order valence-corrected chi connectivity index (χ4v) is 3.32. The number of nitrogens with zero attached hydrogens (tertiary/aromatic N) is 2. The molecule has 0 aliphatic rings. The summed E-state index contributed by atoms with van der Waals surface area (Å²) in [4.78, 5) is 16.1. The summed E-state index contributed by atoms with van der Waals surface area (Å²) in [5, 5.41) is 2.82. The van der Waals surface area contributed by atoms with Crippen molar-refractivity contribution in [3.05, 3.63) is 72.6 Å². The van der Waals surface area contributed by atoms with Crippen LogP contribution in [0.15, 0.2) is 61.2 Å². The Balaban J connectivity index is 1.54. The van der Waals surface area contributed by atoms with Gasteiger partial charge in [0, 0.05) is 19.5 Å². The van der Waals surface area contributed by atoms with Crippen molar-refractivity contribution in [2.24, 2.45) is 0 Å². The van der Waals surface area contributed by atoms with Crippen LogP contribution in [0.2, 0.25) is 0 Å². The summed E-state index contributed by atoms with van der Waals surface area (Å²) < 4.78 is 8.12. The van der Waals surface area contributed by atoms with Gasteiger partial charge in [0.05, 0.1) is 17.6 Å². The Morgan fingerprint density at radius 1 is 1.17 bits per heavy atom. The maximum absolute atomic E-state index is 11.4. The fourth-order valence-electron chi connectivity index (χ4n) is 3.32. The number of fused-ring (bicyclic) bond motifs is 1. The average molecular weight is 392 g/mol. The van der Waals surface area contributed by atoms with E-state index in [1.54, 1.807) is 0 Å². The van der Waals surface area contributed by atoms with Crippen LogP contribution < -0.4 is 10.1 Å². The van der Waals surface area contributed by atoms with E-state index < -0.39 is 0 Å². The van der Waals surface area contributed by atoms with Gasteiger partial charge in [-0.3, -0.25) is 4.79 Å².